The van der Waals surface area contributed by atoms with E-state index in [1.165, 1.54) is 0 Å². The number of nitrogens with one attached hydrogen (secondary N) is 1. The van der Waals surface area contributed by atoms with Gasteiger partial charge in [0.15, 0.2) is 5.82 Å². The SMILES string of the molecule is CCc1noc([C@H](C)N2CCN(CC(=O)Nc3ccccc3CC)CC2)n1. The molecule has 0 bridgehead atoms. The molecule has 27 heavy (non-hydrogen) atoms. The molecule has 1 aliphatic rings. The first-order valence-corrected chi connectivity index (χ1v) is 9.77. The average molecular weight is 371 g/mol. The Morgan fingerprint density at radius 1 is 1.19 bits per heavy atom. The molecule has 3 rings (SSSR count). The third-order valence-corrected chi connectivity index (χ3v) is 5.15. The third kappa shape index (κ3) is 4.93. The molecule has 7 nitrogen and oxygen atoms in total. The Balaban J connectivity index is 1.48. The van der Waals surface area contributed by atoms with Crippen LogP contribution in [0.5, 0.6) is 0 Å². The monoisotopic (exact) mass is 371 g/mol. The van der Waals surface area contributed by atoms with Crippen molar-refractivity contribution in [1.82, 2.24) is 19.9 Å². The zero-order valence-corrected chi connectivity index (χ0v) is 16.4. The number of nitrogens with zero attached hydrogens (tertiary/aromatic N) is 4. The summed E-state index contributed by atoms with van der Waals surface area (Å²) in [7, 11) is 0. The summed E-state index contributed by atoms with van der Waals surface area (Å²) in [5.74, 6) is 1.47. The van der Waals surface area contributed by atoms with Crippen LogP contribution in [0, 0.1) is 0 Å². The summed E-state index contributed by atoms with van der Waals surface area (Å²) in [5.41, 5.74) is 2.08. The number of para-hydroxylation sites is 1. The Morgan fingerprint density at radius 2 is 1.93 bits per heavy atom. The number of carbonyl (C=O) groups excluding carboxylic acids is 1. The lowest BCUT2D eigenvalue weighted by molar-refractivity contribution is -0.117. The van der Waals surface area contributed by atoms with Crippen LogP contribution in [0.4, 0.5) is 5.69 Å². The number of carbonyl (C=O) groups is 1. The zero-order valence-electron chi connectivity index (χ0n) is 16.4. The smallest absolute Gasteiger partial charge is 0.243 e. The highest BCUT2D eigenvalue weighted by Crippen LogP contribution is 2.20. The van der Waals surface area contributed by atoms with Gasteiger partial charge in [-0.2, -0.15) is 4.98 Å². The lowest BCUT2D eigenvalue weighted by Crippen LogP contribution is -2.49. The van der Waals surface area contributed by atoms with Gasteiger partial charge in [-0.25, -0.2) is 0 Å². The van der Waals surface area contributed by atoms with E-state index < -0.39 is 0 Å². The molecule has 1 aliphatic heterocycles. The molecule has 2 heterocycles. The maximum absolute atomic E-state index is 12.4. The van der Waals surface area contributed by atoms with Gasteiger partial charge >= 0.3 is 0 Å². The molecule has 0 radical (unpaired) electrons. The number of hydrogen-bond donors (Lipinski definition) is 1. The van der Waals surface area contributed by atoms with Gasteiger partial charge in [0, 0.05) is 38.3 Å². The van der Waals surface area contributed by atoms with Crippen LogP contribution < -0.4 is 5.32 Å². The van der Waals surface area contributed by atoms with Crippen LogP contribution in [-0.2, 0) is 17.6 Å². The molecule has 1 N–H and O–H groups in total. The van der Waals surface area contributed by atoms with E-state index in [9.17, 15) is 4.79 Å². The van der Waals surface area contributed by atoms with Crippen molar-refractivity contribution in [2.45, 2.75) is 39.7 Å². The number of benzene rings is 1. The number of aromatic nitrogens is 2. The summed E-state index contributed by atoms with van der Waals surface area (Å²) < 4.78 is 5.37. The lowest BCUT2D eigenvalue weighted by atomic mass is 10.1. The topological polar surface area (TPSA) is 74.5 Å². The number of rotatable bonds is 7. The van der Waals surface area contributed by atoms with Crippen molar-refractivity contribution in [2.24, 2.45) is 0 Å². The van der Waals surface area contributed by atoms with E-state index in [2.05, 4.69) is 45.2 Å². The van der Waals surface area contributed by atoms with Crippen LogP contribution in [0.25, 0.3) is 0 Å². The fraction of sp³-hybridized carbons (Fsp3) is 0.550. The van der Waals surface area contributed by atoms with E-state index >= 15 is 0 Å². The molecular weight excluding hydrogens is 342 g/mol. The van der Waals surface area contributed by atoms with Crippen molar-refractivity contribution in [3.8, 4) is 0 Å². The maximum Gasteiger partial charge on any atom is 0.243 e. The minimum atomic E-state index is 0.0434. The summed E-state index contributed by atoms with van der Waals surface area (Å²) in [5, 5.41) is 7.03. The summed E-state index contributed by atoms with van der Waals surface area (Å²) in [6, 6.07) is 8.07. The van der Waals surface area contributed by atoms with E-state index in [-0.39, 0.29) is 11.9 Å². The number of hydrogen-bond acceptors (Lipinski definition) is 6. The Hall–Kier alpha value is -2.25. The highest BCUT2D eigenvalue weighted by molar-refractivity contribution is 5.93. The molecule has 0 aliphatic carbocycles. The van der Waals surface area contributed by atoms with Crippen molar-refractivity contribution in [3.63, 3.8) is 0 Å². The second kappa shape index (κ2) is 9.10. The first-order chi connectivity index (χ1) is 13.1. The molecule has 2 aromatic rings. The minimum Gasteiger partial charge on any atom is -0.338 e. The predicted molar refractivity (Wildman–Crippen MR) is 105 cm³/mol. The van der Waals surface area contributed by atoms with E-state index in [4.69, 9.17) is 4.52 Å². The molecule has 7 heteroatoms. The molecule has 1 amide bonds. The standard InChI is InChI=1S/C20H29N5O2/c1-4-16-8-6-7-9-17(16)21-19(26)14-24-10-12-25(13-11-24)15(3)20-22-18(5-2)23-27-20/h6-9,15H,4-5,10-14H2,1-3H3,(H,21,26)/t15-/m0/s1. The summed E-state index contributed by atoms with van der Waals surface area (Å²) >= 11 is 0. The fourth-order valence-corrected chi connectivity index (χ4v) is 3.39. The van der Waals surface area contributed by atoms with Gasteiger partial charge in [0.25, 0.3) is 0 Å². The highest BCUT2D eigenvalue weighted by atomic mass is 16.5. The maximum atomic E-state index is 12.4. The van der Waals surface area contributed by atoms with Crippen molar-refractivity contribution in [1.29, 1.82) is 0 Å². The first-order valence-electron chi connectivity index (χ1n) is 9.77. The Bertz CT molecular complexity index is 752. The van der Waals surface area contributed by atoms with Gasteiger partial charge < -0.3 is 9.84 Å². The number of amides is 1. The molecule has 0 saturated carbocycles. The number of aryl methyl sites for hydroxylation is 2. The molecular formula is C20H29N5O2. The summed E-state index contributed by atoms with van der Waals surface area (Å²) in [4.78, 5) is 21.4. The normalized spacial score (nSPS) is 17.0. The molecule has 1 saturated heterocycles. The van der Waals surface area contributed by atoms with Crippen LogP contribution in [0.2, 0.25) is 0 Å². The van der Waals surface area contributed by atoms with Crippen molar-refractivity contribution in [2.75, 3.05) is 38.0 Å². The van der Waals surface area contributed by atoms with Crippen molar-refractivity contribution < 1.29 is 9.32 Å². The highest BCUT2D eigenvalue weighted by Gasteiger charge is 2.26. The minimum absolute atomic E-state index is 0.0434. The van der Waals surface area contributed by atoms with Crippen LogP contribution >= 0.6 is 0 Å². The summed E-state index contributed by atoms with van der Waals surface area (Å²) in [6.07, 6.45) is 1.68. The second-order valence-corrected chi connectivity index (χ2v) is 6.95. The molecule has 0 spiro atoms. The van der Waals surface area contributed by atoms with Crippen LogP contribution in [0.3, 0.4) is 0 Å². The molecule has 1 aromatic heterocycles. The fourth-order valence-electron chi connectivity index (χ4n) is 3.39. The van der Waals surface area contributed by atoms with Gasteiger partial charge in [-0.05, 0) is 25.0 Å². The molecule has 0 unspecified atom stereocenters. The van der Waals surface area contributed by atoms with Gasteiger partial charge in [0.2, 0.25) is 11.8 Å². The van der Waals surface area contributed by atoms with Gasteiger partial charge in [0.1, 0.15) is 0 Å². The molecule has 1 aromatic carbocycles. The largest absolute Gasteiger partial charge is 0.338 e. The van der Waals surface area contributed by atoms with Gasteiger partial charge in [-0.1, -0.05) is 37.2 Å². The first kappa shape index (κ1) is 19.5. The van der Waals surface area contributed by atoms with Gasteiger partial charge in [0.05, 0.1) is 12.6 Å². The number of anilines is 1. The molecule has 1 fully saturated rings. The van der Waals surface area contributed by atoms with Crippen LogP contribution in [0.1, 0.15) is 44.1 Å². The van der Waals surface area contributed by atoms with E-state index in [0.29, 0.717) is 12.4 Å². The van der Waals surface area contributed by atoms with Crippen molar-refractivity contribution in [3.05, 3.63) is 41.5 Å². The zero-order chi connectivity index (χ0) is 19.2. The van der Waals surface area contributed by atoms with Gasteiger partial charge in [-0.15, -0.1) is 0 Å². The molecule has 1 atom stereocenters. The van der Waals surface area contributed by atoms with E-state index in [1.807, 2.05) is 25.1 Å². The summed E-state index contributed by atoms with van der Waals surface area (Å²) in [6.45, 7) is 10.1. The van der Waals surface area contributed by atoms with E-state index in [1.54, 1.807) is 0 Å². The van der Waals surface area contributed by atoms with Gasteiger partial charge in [-0.3, -0.25) is 14.6 Å². The van der Waals surface area contributed by atoms with Crippen LogP contribution in [-0.4, -0.2) is 58.6 Å². The quantitative estimate of drug-likeness (QED) is 0.806. The Morgan fingerprint density at radius 3 is 2.59 bits per heavy atom. The Kier molecular flexibility index (Phi) is 6.58. The average Bonchev–Trinajstić information content (AvgIpc) is 3.17. The van der Waals surface area contributed by atoms with Crippen LogP contribution in [0.15, 0.2) is 28.8 Å². The third-order valence-electron chi connectivity index (χ3n) is 5.15. The van der Waals surface area contributed by atoms with Crippen molar-refractivity contribution >= 4 is 11.6 Å². The second-order valence-electron chi connectivity index (χ2n) is 6.95. The number of piperazine rings is 1. The van der Waals surface area contributed by atoms with E-state index in [0.717, 1.165) is 56.1 Å². The Labute approximate surface area is 160 Å². The predicted octanol–water partition coefficient (Wildman–Crippen LogP) is 2.51. The lowest BCUT2D eigenvalue weighted by Gasteiger charge is -2.36. The molecule has 146 valence electrons.